The van der Waals surface area contributed by atoms with Crippen LogP contribution in [0.3, 0.4) is 0 Å². The molecule has 0 aliphatic carbocycles. The lowest BCUT2D eigenvalue weighted by Crippen LogP contribution is -2.47. The zero-order valence-electron chi connectivity index (χ0n) is 17.7. The summed E-state index contributed by atoms with van der Waals surface area (Å²) in [4.78, 5) is 36.4. The Labute approximate surface area is 177 Å². The van der Waals surface area contributed by atoms with E-state index >= 15 is 0 Å². The minimum Gasteiger partial charge on any atom is -0.481 e. The summed E-state index contributed by atoms with van der Waals surface area (Å²) in [5.41, 5.74) is 6.86. The molecule has 7 nitrogen and oxygen atoms in total. The first-order valence-corrected chi connectivity index (χ1v) is 10.2. The number of aryl methyl sites for hydroxylation is 1. The van der Waals surface area contributed by atoms with E-state index in [1.807, 2.05) is 32.9 Å². The predicted octanol–water partition coefficient (Wildman–Crippen LogP) is 3.74. The van der Waals surface area contributed by atoms with E-state index in [9.17, 15) is 14.4 Å². The zero-order valence-corrected chi connectivity index (χ0v) is 17.7. The highest BCUT2D eigenvalue weighted by molar-refractivity contribution is 5.97. The highest BCUT2D eigenvalue weighted by Gasteiger charge is 2.19. The second kappa shape index (κ2) is 11.6. The monoisotopic (exact) mass is 411 g/mol. The summed E-state index contributed by atoms with van der Waals surface area (Å²) in [6.07, 6.45) is 1.97. The first-order valence-electron chi connectivity index (χ1n) is 10.2. The molecule has 0 saturated heterocycles. The molecule has 2 aromatic carbocycles. The molecule has 3 N–H and O–H groups in total. The van der Waals surface area contributed by atoms with Crippen LogP contribution >= 0.6 is 0 Å². The van der Waals surface area contributed by atoms with Gasteiger partial charge in [0.05, 0.1) is 0 Å². The van der Waals surface area contributed by atoms with Crippen molar-refractivity contribution in [2.45, 2.75) is 52.6 Å². The van der Waals surface area contributed by atoms with E-state index < -0.39 is 17.9 Å². The third kappa shape index (κ3) is 7.24. The Morgan fingerprint density at radius 1 is 0.933 bits per heavy atom. The van der Waals surface area contributed by atoms with E-state index in [4.69, 9.17) is 4.74 Å². The fourth-order valence-electron chi connectivity index (χ4n) is 2.64. The topological polar surface area (TPSA) is 96.5 Å². The van der Waals surface area contributed by atoms with Crippen LogP contribution in [0.4, 0.5) is 5.69 Å². The van der Waals surface area contributed by atoms with E-state index in [-0.39, 0.29) is 5.91 Å². The highest BCUT2D eigenvalue weighted by atomic mass is 16.5. The number of nitrogens with one attached hydrogen (secondary N) is 3. The van der Waals surface area contributed by atoms with Crippen molar-refractivity contribution in [1.82, 2.24) is 10.9 Å². The average Bonchev–Trinajstić information content (AvgIpc) is 2.75. The van der Waals surface area contributed by atoms with Gasteiger partial charge in [0.25, 0.3) is 11.8 Å². The van der Waals surface area contributed by atoms with Crippen LogP contribution in [-0.2, 0) is 9.59 Å². The number of carbonyl (C=O) groups is 3. The molecule has 30 heavy (non-hydrogen) atoms. The lowest BCUT2D eigenvalue weighted by molar-refractivity contribution is -0.128. The SMILES string of the molecule is CCCCC(=O)Nc1ccc(C(=O)NNC(=O)C(CC)Oc2ccc(C)cc2)cc1. The lowest BCUT2D eigenvalue weighted by atomic mass is 10.2. The van der Waals surface area contributed by atoms with Crippen LogP contribution < -0.4 is 20.9 Å². The number of benzene rings is 2. The largest absolute Gasteiger partial charge is 0.481 e. The first kappa shape index (κ1) is 22.9. The summed E-state index contributed by atoms with van der Waals surface area (Å²) in [7, 11) is 0. The summed E-state index contributed by atoms with van der Waals surface area (Å²) in [5.74, 6) is -0.366. The number of amides is 3. The Kier molecular flexibility index (Phi) is 8.87. The number of unbranched alkanes of at least 4 members (excludes halogenated alkanes) is 1. The van der Waals surface area contributed by atoms with Crippen molar-refractivity contribution in [3.63, 3.8) is 0 Å². The molecule has 0 heterocycles. The van der Waals surface area contributed by atoms with Gasteiger partial charge in [-0.1, -0.05) is 38.0 Å². The second-order valence-electron chi connectivity index (χ2n) is 7.00. The number of hydrazine groups is 1. The Morgan fingerprint density at radius 3 is 2.20 bits per heavy atom. The minimum absolute atomic E-state index is 0.0551. The summed E-state index contributed by atoms with van der Waals surface area (Å²) < 4.78 is 5.70. The molecule has 0 bridgehead atoms. The van der Waals surface area contributed by atoms with E-state index in [1.165, 1.54) is 0 Å². The minimum atomic E-state index is -0.728. The van der Waals surface area contributed by atoms with Crippen molar-refractivity contribution >= 4 is 23.4 Å². The molecule has 3 amide bonds. The van der Waals surface area contributed by atoms with Gasteiger partial charge in [-0.3, -0.25) is 25.2 Å². The van der Waals surface area contributed by atoms with Gasteiger partial charge in [-0.05, 0) is 56.2 Å². The van der Waals surface area contributed by atoms with Gasteiger partial charge in [0.1, 0.15) is 5.75 Å². The van der Waals surface area contributed by atoms with E-state index in [0.29, 0.717) is 29.8 Å². The molecule has 0 fully saturated rings. The molecule has 160 valence electrons. The van der Waals surface area contributed by atoms with Crippen LogP contribution in [0.5, 0.6) is 5.75 Å². The number of anilines is 1. The molecule has 0 aliphatic heterocycles. The van der Waals surface area contributed by atoms with Crippen LogP contribution in [0.25, 0.3) is 0 Å². The van der Waals surface area contributed by atoms with Gasteiger partial charge in [-0.25, -0.2) is 0 Å². The Hall–Kier alpha value is -3.35. The van der Waals surface area contributed by atoms with Crippen LogP contribution in [0.15, 0.2) is 48.5 Å². The van der Waals surface area contributed by atoms with E-state index in [1.54, 1.807) is 36.4 Å². The van der Waals surface area contributed by atoms with Crippen molar-refractivity contribution in [1.29, 1.82) is 0 Å². The van der Waals surface area contributed by atoms with Crippen molar-refractivity contribution in [2.24, 2.45) is 0 Å². The maximum Gasteiger partial charge on any atom is 0.279 e. The molecular weight excluding hydrogens is 382 g/mol. The Morgan fingerprint density at radius 2 is 1.60 bits per heavy atom. The lowest BCUT2D eigenvalue weighted by Gasteiger charge is -2.17. The molecule has 2 aromatic rings. The van der Waals surface area contributed by atoms with Gasteiger partial charge in [-0.2, -0.15) is 0 Å². The van der Waals surface area contributed by atoms with Crippen molar-refractivity contribution in [2.75, 3.05) is 5.32 Å². The van der Waals surface area contributed by atoms with Crippen molar-refractivity contribution in [3.05, 3.63) is 59.7 Å². The fourth-order valence-corrected chi connectivity index (χ4v) is 2.64. The van der Waals surface area contributed by atoms with E-state index in [0.717, 1.165) is 18.4 Å². The molecule has 0 aromatic heterocycles. The van der Waals surface area contributed by atoms with Crippen molar-refractivity contribution < 1.29 is 19.1 Å². The molecular formula is C23H29N3O4. The molecule has 2 rings (SSSR count). The average molecular weight is 412 g/mol. The maximum atomic E-state index is 12.3. The van der Waals surface area contributed by atoms with Gasteiger partial charge in [0.2, 0.25) is 5.91 Å². The van der Waals surface area contributed by atoms with Crippen molar-refractivity contribution in [3.8, 4) is 5.75 Å². The van der Waals surface area contributed by atoms with Gasteiger partial charge in [0.15, 0.2) is 6.10 Å². The van der Waals surface area contributed by atoms with E-state index in [2.05, 4.69) is 16.2 Å². The molecule has 0 saturated carbocycles. The van der Waals surface area contributed by atoms with Gasteiger partial charge >= 0.3 is 0 Å². The Bertz CT molecular complexity index is 848. The number of rotatable bonds is 9. The van der Waals surface area contributed by atoms with Gasteiger partial charge in [-0.15, -0.1) is 0 Å². The summed E-state index contributed by atoms with van der Waals surface area (Å²) in [5, 5.41) is 2.79. The molecule has 7 heteroatoms. The molecule has 0 aliphatic rings. The van der Waals surface area contributed by atoms with Crippen LogP contribution in [0.1, 0.15) is 55.5 Å². The second-order valence-corrected chi connectivity index (χ2v) is 7.00. The summed E-state index contributed by atoms with van der Waals surface area (Å²) in [6, 6.07) is 13.9. The van der Waals surface area contributed by atoms with Crippen LogP contribution in [0, 0.1) is 6.92 Å². The number of ether oxygens (including phenoxy) is 1. The molecule has 1 unspecified atom stereocenters. The standard InChI is InChI=1S/C23H29N3O4/c1-4-6-7-21(27)24-18-12-10-17(11-13-18)22(28)25-26-23(29)20(5-2)30-19-14-8-16(3)9-15-19/h8-15,20H,4-7H2,1-3H3,(H,24,27)(H,25,28)(H,26,29). The van der Waals surface area contributed by atoms with Gasteiger partial charge < -0.3 is 10.1 Å². The molecule has 0 spiro atoms. The number of hydrogen-bond acceptors (Lipinski definition) is 4. The third-order valence-electron chi connectivity index (χ3n) is 4.45. The molecule has 0 radical (unpaired) electrons. The number of hydrogen-bond donors (Lipinski definition) is 3. The first-order chi connectivity index (χ1) is 14.4. The predicted molar refractivity (Wildman–Crippen MR) is 116 cm³/mol. The quantitative estimate of drug-likeness (QED) is 0.548. The third-order valence-corrected chi connectivity index (χ3v) is 4.45. The van der Waals surface area contributed by atoms with Gasteiger partial charge in [0, 0.05) is 17.7 Å². The fraction of sp³-hybridized carbons (Fsp3) is 0.348. The highest BCUT2D eigenvalue weighted by Crippen LogP contribution is 2.15. The Balaban J connectivity index is 1.85. The maximum absolute atomic E-state index is 12.3. The summed E-state index contributed by atoms with van der Waals surface area (Å²) >= 11 is 0. The molecule has 1 atom stereocenters. The summed E-state index contributed by atoms with van der Waals surface area (Å²) in [6.45, 7) is 5.82. The van der Waals surface area contributed by atoms with Crippen LogP contribution in [-0.4, -0.2) is 23.8 Å². The van der Waals surface area contributed by atoms with Crippen LogP contribution in [0.2, 0.25) is 0 Å². The number of carbonyl (C=O) groups excluding carboxylic acids is 3. The normalized spacial score (nSPS) is 11.3. The zero-order chi connectivity index (χ0) is 21.9. The smallest absolute Gasteiger partial charge is 0.279 e.